The van der Waals surface area contributed by atoms with Crippen molar-refractivity contribution in [2.24, 2.45) is 5.92 Å². The number of carbonyl (C=O) groups is 1. The third-order valence-corrected chi connectivity index (χ3v) is 3.93. The van der Waals surface area contributed by atoms with Crippen LogP contribution in [0.1, 0.15) is 19.9 Å². The first-order valence-electron chi connectivity index (χ1n) is 8.36. The third-order valence-electron chi connectivity index (χ3n) is 3.93. The summed E-state index contributed by atoms with van der Waals surface area (Å²) in [6.45, 7) is 3.73. The maximum atomic E-state index is 12.8. The molecule has 0 saturated carbocycles. The van der Waals surface area contributed by atoms with Gasteiger partial charge in [0.15, 0.2) is 6.04 Å². The van der Waals surface area contributed by atoms with Crippen LogP contribution in [0.25, 0.3) is 11.4 Å². The van der Waals surface area contributed by atoms with E-state index < -0.39 is 11.0 Å². The number of carbonyl (C=O) groups excluding carboxylic acids is 1. The van der Waals surface area contributed by atoms with Crippen LogP contribution < -0.4 is 5.32 Å². The summed E-state index contributed by atoms with van der Waals surface area (Å²) in [6.07, 6.45) is 0. The monoisotopic (exact) mass is 366 g/mol. The lowest BCUT2D eigenvalue weighted by molar-refractivity contribution is -0.384. The quantitative estimate of drug-likeness (QED) is 0.529. The van der Waals surface area contributed by atoms with Crippen LogP contribution in [0.15, 0.2) is 54.6 Å². The molecule has 1 heterocycles. The van der Waals surface area contributed by atoms with Crippen molar-refractivity contribution in [1.29, 1.82) is 0 Å². The molecule has 0 radical (unpaired) electrons. The highest BCUT2D eigenvalue weighted by atomic mass is 16.6. The summed E-state index contributed by atoms with van der Waals surface area (Å²) in [5.41, 5.74) is 1.03. The van der Waals surface area contributed by atoms with Gasteiger partial charge in [-0.3, -0.25) is 14.9 Å². The predicted molar refractivity (Wildman–Crippen MR) is 98.9 cm³/mol. The van der Waals surface area contributed by atoms with Gasteiger partial charge in [0.2, 0.25) is 5.82 Å². The van der Waals surface area contributed by atoms with Gasteiger partial charge in [-0.25, -0.2) is 0 Å². The number of nitrogens with zero attached hydrogens (tertiary/aromatic N) is 5. The highest BCUT2D eigenvalue weighted by Gasteiger charge is 2.27. The average molecular weight is 366 g/mol. The number of benzene rings is 2. The smallest absolute Gasteiger partial charge is 0.271 e. The molecule has 0 aliphatic rings. The molecule has 3 aromatic rings. The number of aromatic nitrogens is 4. The van der Waals surface area contributed by atoms with Crippen LogP contribution in [0, 0.1) is 16.0 Å². The molecule has 0 aliphatic carbocycles. The lowest BCUT2D eigenvalue weighted by Gasteiger charge is -2.18. The van der Waals surface area contributed by atoms with Crippen LogP contribution in [-0.2, 0) is 4.79 Å². The first-order valence-corrected chi connectivity index (χ1v) is 8.36. The number of hydrogen-bond acceptors (Lipinski definition) is 6. The van der Waals surface area contributed by atoms with Gasteiger partial charge < -0.3 is 5.32 Å². The summed E-state index contributed by atoms with van der Waals surface area (Å²) in [6, 6.07) is 14.4. The van der Waals surface area contributed by atoms with Crippen LogP contribution in [0.2, 0.25) is 0 Å². The number of anilines is 1. The molecule has 1 amide bonds. The van der Waals surface area contributed by atoms with Gasteiger partial charge in [-0.15, -0.1) is 10.2 Å². The molecule has 0 fully saturated rings. The molecule has 0 spiro atoms. The summed E-state index contributed by atoms with van der Waals surface area (Å²) >= 11 is 0. The number of nitro groups is 1. The van der Waals surface area contributed by atoms with Crippen molar-refractivity contribution in [2.75, 3.05) is 5.32 Å². The number of non-ortho nitro benzene ring substituents is 1. The van der Waals surface area contributed by atoms with Gasteiger partial charge in [0.25, 0.3) is 11.6 Å². The highest BCUT2D eigenvalue weighted by Crippen LogP contribution is 2.22. The normalized spacial score (nSPS) is 12.0. The van der Waals surface area contributed by atoms with Crippen molar-refractivity contribution >= 4 is 17.3 Å². The van der Waals surface area contributed by atoms with Crippen LogP contribution in [0.5, 0.6) is 0 Å². The second-order valence-corrected chi connectivity index (χ2v) is 6.29. The van der Waals surface area contributed by atoms with Crippen molar-refractivity contribution < 1.29 is 9.72 Å². The van der Waals surface area contributed by atoms with E-state index in [0.29, 0.717) is 11.5 Å². The van der Waals surface area contributed by atoms with Gasteiger partial charge in [-0.05, 0) is 17.2 Å². The van der Waals surface area contributed by atoms with Crippen LogP contribution in [0.3, 0.4) is 0 Å². The summed E-state index contributed by atoms with van der Waals surface area (Å²) in [5, 5.41) is 26.0. The molecule has 2 aromatic carbocycles. The number of nitro benzene ring substituents is 1. The Labute approximate surface area is 155 Å². The van der Waals surface area contributed by atoms with E-state index in [0.717, 1.165) is 5.56 Å². The lowest BCUT2D eigenvalue weighted by Crippen LogP contribution is -2.31. The minimum Gasteiger partial charge on any atom is -0.324 e. The van der Waals surface area contributed by atoms with E-state index in [9.17, 15) is 14.9 Å². The fraction of sp³-hybridized carbons (Fsp3) is 0.222. The Morgan fingerprint density at radius 3 is 2.56 bits per heavy atom. The van der Waals surface area contributed by atoms with E-state index in [2.05, 4.69) is 20.7 Å². The summed E-state index contributed by atoms with van der Waals surface area (Å²) in [7, 11) is 0. The van der Waals surface area contributed by atoms with Gasteiger partial charge in [-0.1, -0.05) is 50.2 Å². The summed E-state index contributed by atoms with van der Waals surface area (Å²) < 4.78 is 0. The zero-order valence-corrected chi connectivity index (χ0v) is 14.8. The van der Waals surface area contributed by atoms with Crippen LogP contribution in [-0.4, -0.2) is 31.0 Å². The largest absolute Gasteiger partial charge is 0.324 e. The number of nitrogens with one attached hydrogen (secondary N) is 1. The van der Waals surface area contributed by atoms with E-state index in [1.165, 1.54) is 23.0 Å². The van der Waals surface area contributed by atoms with Crippen molar-refractivity contribution in [3.05, 3.63) is 64.7 Å². The Hall–Kier alpha value is -3.62. The Bertz CT molecular complexity index is 954. The van der Waals surface area contributed by atoms with Gasteiger partial charge >= 0.3 is 0 Å². The average Bonchev–Trinajstić information content (AvgIpc) is 3.12. The van der Waals surface area contributed by atoms with Gasteiger partial charge in [0.05, 0.1) is 4.92 Å². The molecule has 1 aromatic heterocycles. The molecule has 138 valence electrons. The molecule has 1 unspecified atom stereocenters. The van der Waals surface area contributed by atoms with Gasteiger partial charge in [-0.2, -0.15) is 4.80 Å². The molecule has 0 aliphatic heterocycles. The maximum absolute atomic E-state index is 12.8. The number of hydrogen-bond donors (Lipinski definition) is 1. The summed E-state index contributed by atoms with van der Waals surface area (Å²) in [4.78, 5) is 24.4. The van der Waals surface area contributed by atoms with Crippen LogP contribution in [0.4, 0.5) is 11.4 Å². The first kappa shape index (κ1) is 18.2. The van der Waals surface area contributed by atoms with Crippen molar-refractivity contribution in [3.63, 3.8) is 0 Å². The fourth-order valence-corrected chi connectivity index (χ4v) is 2.63. The van der Waals surface area contributed by atoms with Crippen molar-refractivity contribution in [3.8, 4) is 11.4 Å². The molecule has 1 N–H and O–H groups in total. The Balaban J connectivity index is 1.83. The number of tetrazole rings is 1. The molecule has 3 rings (SSSR count). The second-order valence-electron chi connectivity index (χ2n) is 6.29. The zero-order chi connectivity index (χ0) is 19.4. The minimum atomic E-state index is -0.714. The highest BCUT2D eigenvalue weighted by molar-refractivity contribution is 5.94. The summed E-state index contributed by atoms with van der Waals surface area (Å²) in [5.74, 6) is -0.0755. The fourth-order valence-electron chi connectivity index (χ4n) is 2.63. The van der Waals surface area contributed by atoms with Crippen molar-refractivity contribution in [2.45, 2.75) is 19.9 Å². The Morgan fingerprint density at radius 2 is 1.89 bits per heavy atom. The number of rotatable bonds is 6. The van der Waals surface area contributed by atoms with Crippen molar-refractivity contribution in [1.82, 2.24) is 20.2 Å². The number of amides is 1. The zero-order valence-electron chi connectivity index (χ0n) is 14.8. The van der Waals surface area contributed by atoms with Crippen LogP contribution >= 0.6 is 0 Å². The van der Waals surface area contributed by atoms with E-state index in [1.54, 1.807) is 6.07 Å². The van der Waals surface area contributed by atoms with E-state index >= 15 is 0 Å². The Kier molecular flexibility index (Phi) is 5.20. The molecule has 0 bridgehead atoms. The SMILES string of the molecule is CC(C)C(C(=O)Nc1cccc([N+](=O)[O-])c1)n1nnc(-c2ccccc2)n1. The molecule has 27 heavy (non-hydrogen) atoms. The second kappa shape index (κ2) is 7.73. The lowest BCUT2D eigenvalue weighted by atomic mass is 10.0. The molecule has 0 saturated heterocycles. The third kappa shape index (κ3) is 4.14. The van der Waals surface area contributed by atoms with Gasteiger partial charge in [0.1, 0.15) is 0 Å². The van der Waals surface area contributed by atoms with E-state index in [1.807, 2.05) is 44.2 Å². The van der Waals surface area contributed by atoms with E-state index in [4.69, 9.17) is 0 Å². The topological polar surface area (TPSA) is 116 Å². The first-order chi connectivity index (χ1) is 13.0. The molecule has 1 atom stereocenters. The predicted octanol–water partition coefficient (Wildman–Crippen LogP) is 3.08. The van der Waals surface area contributed by atoms with E-state index in [-0.39, 0.29) is 17.5 Å². The minimum absolute atomic E-state index is 0.0980. The maximum Gasteiger partial charge on any atom is 0.271 e. The Morgan fingerprint density at radius 1 is 1.15 bits per heavy atom. The molecule has 9 heteroatoms. The van der Waals surface area contributed by atoms with Gasteiger partial charge in [0, 0.05) is 23.4 Å². The molecule has 9 nitrogen and oxygen atoms in total. The molecular weight excluding hydrogens is 348 g/mol. The molecular formula is C18H18N6O3. The standard InChI is InChI=1S/C18H18N6O3/c1-12(2)16(18(25)19-14-9-6-10-15(11-14)24(26)27)23-21-17(20-22-23)13-7-4-3-5-8-13/h3-12,16H,1-2H3,(H,19,25).